The Kier molecular flexibility index (Phi) is 5.22. The molecule has 0 radical (unpaired) electrons. The molecule has 1 amide bonds. The van der Waals surface area contributed by atoms with Crippen LogP contribution in [0.2, 0.25) is 5.02 Å². The van der Waals surface area contributed by atoms with Crippen molar-refractivity contribution in [2.24, 2.45) is 0 Å². The summed E-state index contributed by atoms with van der Waals surface area (Å²) < 4.78 is 5.46. The summed E-state index contributed by atoms with van der Waals surface area (Å²) in [6, 6.07) is 5.97. The van der Waals surface area contributed by atoms with Gasteiger partial charge in [0.2, 0.25) is 0 Å². The van der Waals surface area contributed by atoms with E-state index in [1.165, 1.54) is 0 Å². The fraction of sp³-hybridized carbons (Fsp3) is 0.588. The molecule has 1 aliphatic heterocycles. The quantitative estimate of drug-likeness (QED) is 0.779. The summed E-state index contributed by atoms with van der Waals surface area (Å²) in [6.45, 7) is 10.8. The van der Waals surface area contributed by atoms with Crippen LogP contribution in [-0.4, -0.2) is 42.8 Å². The van der Waals surface area contributed by atoms with E-state index in [-0.39, 0.29) is 6.09 Å². The minimum absolute atomic E-state index is 0.225. The molecular weight excluding hydrogens is 300 g/mol. The van der Waals surface area contributed by atoms with Gasteiger partial charge in [-0.1, -0.05) is 17.7 Å². The highest BCUT2D eigenvalue weighted by atomic mass is 35.5. The van der Waals surface area contributed by atoms with Gasteiger partial charge >= 0.3 is 6.09 Å². The molecule has 2 rings (SSSR count). The molecule has 1 aromatic carbocycles. The first-order valence-electron chi connectivity index (χ1n) is 7.76. The molecule has 122 valence electrons. The number of rotatable bonds is 1. The van der Waals surface area contributed by atoms with Gasteiger partial charge in [-0.2, -0.15) is 0 Å². The average molecular weight is 325 g/mol. The van der Waals surface area contributed by atoms with Crippen molar-refractivity contribution < 1.29 is 9.53 Å². The summed E-state index contributed by atoms with van der Waals surface area (Å²) in [7, 11) is 0. The number of hydrogen-bond acceptors (Lipinski definition) is 3. The van der Waals surface area contributed by atoms with E-state index in [1.54, 1.807) is 4.90 Å². The van der Waals surface area contributed by atoms with Crippen molar-refractivity contribution in [2.45, 2.75) is 39.7 Å². The first-order chi connectivity index (χ1) is 10.3. The van der Waals surface area contributed by atoms with Crippen LogP contribution in [0.3, 0.4) is 0 Å². The molecule has 1 aromatic rings. The molecule has 0 saturated carbocycles. The number of hydrogen-bond donors (Lipinski definition) is 0. The Morgan fingerprint density at radius 2 is 1.91 bits per heavy atom. The Balaban J connectivity index is 2.04. The molecule has 0 N–H and O–H groups in total. The van der Waals surface area contributed by atoms with Gasteiger partial charge in [0, 0.05) is 36.9 Å². The fourth-order valence-electron chi connectivity index (χ4n) is 2.61. The molecule has 0 spiro atoms. The lowest BCUT2D eigenvalue weighted by Gasteiger charge is -2.27. The van der Waals surface area contributed by atoms with Crippen molar-refractivity contribution in [3.05, 3.63) is 28.8 Å². The van der Waals surface area contributed by atoms with Gasteiger partial charge in [0.15, 0.2) is 0 Å². The molecule has 0 atom stereocenters. The molecule has 4 nitrogen and oxygen atoms in total. The van der Waals surface area contributed by atoms with Gasteiger partial charge in [0.05, 0.1) is 0 Å². The van der Waals surface area contributed by atoms with Gasteiger partial charge in [0.25, 0.3) is 0 Å². The van der Waals surface area contributed by atoms with E-state index < -0.39 is 5.60 Å². The third kappa shape index (κ3) is 4.29. The highest BCUT2D eigenvalue weighted by Gasteiger charge is 2.24. The van der Waals surface area contributed by atoms with Gasteiger partial charge in [0.1, 0.15) is 5.60 Å². The maximum absolute atomic E-state index is 12.2. The van der Waals surface area contributed by atoms with E-state index in [9.17, 15) is 4.79 Å². The summed E-state index contributed by atoms with van der Waals surface area (Å²) in [5, 5.41) is 0.783. The molecule has 22 heavy (non-hydrogen) atoms. The summed E-state index contributed by atoms with van der Waals surface area (Å²) in [5.74, 6) is 0. The number of halogens is 1. The van der Waals surface area contributed by atoms with Gasteiger partial charge < -0.3 is 14.5 Å². The van der Waals surface area contributed by atoms with Crippen LogP contribution >= 0.6 is 11.6 Å². The zero-order valence-corrected chi connectivity index (χ0v) is 14.6. The number of carbonyl (C=O) groups excluding carboxylic acids is 1. The number of carbonyl (C=O) groups is 1. The number of nitrogens with zero attached hydrogens (tertiary/aromatic N) is 2. The second-order valence-corrected chi connectivity index (χ2v) is 7.10. The van der Waals surface area contributed by atoms with Crippen molar-refractivity contribution in [2.75, 3.05) is 31.1 Å². The molecule has 1 saturated heterocycles. The molecule has 1 fully saturated rings. The maximum Gasteiger partial charge on any atom is 0.410 e. The standard InChI is InChI=1S/C17H25ClN2O2/c1-13-14(18)7-5-8-15(13)19-9-6-10-20(12-11-19)16(21)22-17(2,3)4/h5,7-8H,6,9-12H2,1-4H3. The predicted octanol–water partition coefficient (Wildman–Crippen LogP) is 4.10. The first kappa shape index (κ1) is 16.9. The third-order valence-corrected chi connectivity index (χ3v) is 4.14. The lowest BCUT2D eigenvalue weighted by atomic mass is 10.1. The van der Waals surface area contributed by atoms with E-state index in [0.717, 1.165) is 42.3 Å². The molecule has 0 aliphatic carbocycles. The Bertz CT molecular complexity index is 540. The van der Waals surface area contributed by atoms with Crippen LogP contribution in [0.1, 0.15) is 32.8 Å². The molecule has 1 aliphatic rings. The predicted molar refractivity (Wildman–Crippen MR) is 90.8 cm³/mol. The molecule has 5 heteroatoms. The SMILES string of the molecule is Cc1c(Cl)cccc1N1CCCN(C(=O)OC(C)(C)C)CC1. The van der Waals surface area contributed by atoms with Crippen molar-refractivity contribution in [1.29, 1.82) is 0 Å². The van der Waals surface area contributed by atoms with E-state index in [2.05, 4.69) is 11.0 Å². The van der Waals surface area contributed by atoms with Crippen LogP contribution in [0.15, 0.2) is 18.2 Å². The minimum atomic E-state index is -0.452. The van der Waals surface area contributed by atoms with Crippen LogP contribution < -0.4 is 4.90 Å². The van der Waals surface area contributed by atoms with E-state index >= 15 is 0 Å². The Labute approximate surface area is 138 Å². The smallest absolute Gasteiger partial charge is 0.410 e. The summed E-state index contributed by atoms with van der Waals surface area (Å²) in [5.41, 5.74) is 1.79. The molecular formula is C17H25ClN2O2. The second kappa shape index (κ2) is 6.78. The number of ether oxygens (including phenoxy) is 1. The summed E-state index contributed by atoms with van der Waals surface area (Å²) in [6.07, 6.45) is 0.697. The van der Waals surface area contributed by atoms with Crippen molar-refractivity contribution >= 4 is 23.4 Å². The van der Waals surface area contributed by atoms with Crippen LogP contribution in [0.5, 0.6) is 0 Å². The van der Waals surface area contributed by atoms with Gasteiger partial charge in [-0.05, 0) is 51.8 Å². The lowest BCUT2D eigenvalue weighted by Crippen LogP contribution is -2.39. The van der Waals surface area contributed by atoms with Crippen molar-refractivity contribution in [1.82, 2.24) is 4.90 Å². The topological polar surface area (TPSA) is 32.8 Å². The molecule has 0 bridgehead atoms. The van der Waals surface area contributed by atoms with Crippen LogP contribution in [0.4, 0.5) is 10.5 Å². The highest BCUT2D eigenvalue weighted by molar-refractivity contribution is 6.31. The first-order valence-corrected chi connectivity index (χ1v) is 8.14. The van der Waals surface area contributed by atoms with Gasteiger partial charge in [-0.15, -0.1) is 0 Å². The third-order valence-electron chi connectivity index (χ3n) is 3.73. The Hall–Kier alpha value is -1.42. The molecule has 0 aromatic heterocycles. The average Bonchev–Trinajstić information content (AvgIpc) is 2.66. The van der Waals surface area contributed by atoms with E-state index in [1.807, 2.05) is 39.8 Å². The number of amides is 1. The fourth-order valence-corrected chi connectivity index (χ4v) is 2.78. The highest BCUT2D eigenvalue weighted by Crippen LogP contribution is 2.27. The number of anilines is 1. The lowest BCUT2D eigenvalue weighted by molar-refractivity contribution is 0.0263. The second-order valence-electron chi connectivity index (χ2n) is 6.69. The molecule has 0 unspecified atom stereocenters. The largest absolute Gasteiger partial charge is 0.444 e. The summed E-state index contributed by atoms with van der Waals surface area (Å²) in [4.78, 5) is 16.3. The normalized spacial score (nSPS) is 16.4. The zero-order chi connectivity index (χ0) is 16.3. The van der Waals surface area contributed by atoms with Crippen LogP contribution in [0.25, 0.3) is 0 Å². The Morgan fingerprint density at radius 3 is 2.59 bits per heavy atom. The minimum Gasteiger partial charge on any atom is -0.444 e. The monoisotopic (exact) mass is 324 g/mol. The Morgan fingerprint density at radius 1 is 1.18 bits per heavy atom. The van der Waals surface area contributed by atoms with Crippen molar-refractivity contribution in [3.8, 4) is 0 Å². The zero-order valence-electron chi connectivity index (χ0n) is 13.9. The summed E-state index contributed by atoms with van der Waals surface area (Å²) >= 11 is 6.21. The van der Waals surface area contributed by atoms with E-state index in [4.69, 9.17) is 16.3 Å². The van der Waals surface area contributed by atoms with Gasteiger partial charge in [-0.3, -0.25) is 0 Å². The van der Waals surface area contributed by atoms with Crippen LogP contribution in [0, 0.1) is 6.92 Å². The molecule has 1 heterocycles. The van der Waals surface area contributed by atoms with E-state index in [0.29, 0.717) is 6.54 Å². The van der Waals surface area contributed by atoms with Crippen LogP contribution in [-0.2, 0) is 4.74 Å². The van der Waals surface area contributed by atoms with Gasteiger partial charge in [-0.25, -0.2) is 4.79 Å². The maximum atomic E-state index is 12.2. The number of benzene rings is 1. The van der Waals surface area contributed by atoms with Crippen molar-refractivity contribution in [3.63, 3.8) is 0 Å².